The van der Waals surface area contributed by atoms with Gasteiger partial charge in [0, 0.05) is 58.0 Å². The van der Waals surface area contributed by atoms with E-state index in [1.54, 1.807) is 0 Å². The summed E-state index contributed by atoms with van der Waals surface area (Å²) in [4.78, 5) is 7.22. The second-order valence-corrected chi connectivity index (χ2v) is 12.5. The minimum atomic E-state index is -0.667. The number of fused-ring (bicyclic) bond motifs is 3. The summed E-state index contributed by atoms with van der Waals surface area (Å²) in [6, 6.07) is 0. The van der Waals surface area contributed by atoms with E-state index in [1.807, 2.05) is 0 Å². The Balaban J connectivity index is 1.19. The molecule has 6 heterocycles. The summed E-state index contributed by atoms with van der Waals surface area (Å²) < 4.78 is 38.9. The number of rotatable bonds is 8. The van der Waals surface area contributed by atoms with Gasteiger partial charge in [-0.3, -0.25) is 0 Å². The lowest BCUT2D eigenvalue weighted by Gasteiger charge is -2.40. The van der Waals surface area contributed by atoms with Crippen LogP contribution in [0.1, 0.15) is 73.6 Å². The Morgan fingerprint density at radius 2 is 0.917 bits per heavy atom. The van der Waals surface area contributed by atoms with Crippen molar-refractivity contribution >= 4 is 0 Å². The van der Waals surface area contributed by atoms with Gasteiger partial charge in [-0.2, -0.15) is 0 Å². The zero-order valence-corrected chi connectivity index (χ0v) is 23.1. The van der Waals surface area contributed by atoms with Crippen LogP contribution in [0.2, 0.25) is 0 Å². The van der Waals surface area contributed by atoms with Crippen LogP contribution < -0.4 is 0 Å². The molecule has 0 aliphatic carbocycles. The normalized spacial score (nSPS) is 50.2. The molecule has 0 saturated carbocycles. The second-order valence-electron chi connectivity index (χ2n) is 12.5. The maximum atomic E-state index is 6.65. The lowest BCUT2D eigenvalue weighted by molar-refractivity contribution is -0.298. The lowest BCUT2D eigenvalue weighted by Crippen LogP contribution is -2.49. The van der Waals surface area contributed by atoms with E-state index in [-0.39, 0.29) is 42.5 Å². The Bertz CT molecular complexity index is 772. The zero-order chi connectivity index (χ0) is 25.3. The fourth-order valence-corrected chi connectivity index (χ4v) is 7.92. The van der Waals surface area contributed by atoms with E-state index in [4.69, 9.17) is 28.4 Å². The van der Waals surface area contributed by atoms with Crippen LogP contribution in [0.4, 0.5) is 0 Å². The Morgan fingerprint density at radius 3 is 1.39 bits per heavy atom. The average molecular weight is 510 g/mol. The molecule has 0 amide bonds. The van der Waals surface area contributed by atoms with Gasteiger partial charge < -0.3 is 28.4 Å². The van der Waals surface area contributed by atoms with Gasteiger partial charge in [0.1, 0.15) is 0 Å². The van der Waals surface area contributed by atoms with Crippen LogP contribution in [0.5, 0.6) is 0 Å². The average Bonchev–Trinajstić information content (AvgIpc) is 3.53. The molecule has 36 heavy (non-hydrogen) atoms. The third-order valence-corrected chi connectivity index (χ3v) is 8.92. The molecular weight excluding hydrogens is 462 g/mol. The minimum absolute atomic E-state index is 0.160. The predicted octanol–water partition coefficient (Wildman–Crippen LogP) is 2.93. The van der Waals surface area contributed by atoms with Crippen molar-refractivity contribution in [1.82, 2.24) is 14.7 Å². The van der Waals surface area contributed by atoms with Gasteiger partial charge in [0.05, 0.1) is 36.6 Å². The van der Waals surface area contributed by atoms with Crippen LogP contribution in [-0.2, 0) is 28.4 Å². The first kappa shape index (κ1) is 25.9. The van der Waals surface area contributed by atoms with E-state index in [0.717, 1.165) is 71.4 Å². The summed E-state index contributed by atoms with van der Waals surface area (Å²) in [5.41, 5.74) is 0. The van der Waals surface area contributed by atoms with Gasteiger partial charge in [0.15, 0.2) is 0 Å². The number of nitrogens with zero attached hydrogens (tertiary/aromatic N) is 3. The molecule has 0 radical (unpaired) electrons. The van der Waals surface area contributed by atoms with Gasteiger partial charge in [-0.15, -0.1) is 0 Å². The fourth-order valence-electron chi connectivity index (χ4n) is 7.92. The van der Waals surface area contributed by atoms with Gasteiger partial charge in [0.25, 0.3) is 0 Å². The van der Waals surface area contributed by atoms with Gasteiger partial charge in [-0.1, -0.05) is 0 Å². The van der Waals surface area contributed by atoms with Gasteiger partial charge in [-0.05, 0) is 60.8 Å². The highest BCUT2D eigenvalue weighted by Crippen LogP contribution is 2.48. The smallest absolute Gasteiger partial charge is 0.233 e. The third-order valence-electron chi connectivity index (χ3n) is 8.92. The van der Waals surface area contributed by atoms with Crippen LogP contribution in [0, 0.1) is 5.92 Å². The SMILES string of the molecule is CC1CN2CC(C)OC2(CCCC(CCC23OC(C)CN2CC(C)O3)C23OC(C)CN2CC(C)O3)O1. The molecule has 0 aromatic heterocycles. The summed E-state index contributed by atoms with van der Waals surface area (Å²) in [7, 11) is 0. The van der Waals surface area contributed by atoms with E-state index >= 15 is 0 Å². The fraction of sp³-hybridized carbons (Fsp3) is 1.00. The first-order chi connectivity index (χ1) is 17.1. The van der Waals surface area contributed by atoms with Crippen molar-refractivity contribution < 1.29 is 28.4 Å². The van der Waals surface area contributed by atoms with Crippen molar-refractivity contribution in [3.05, 3.63) is 0 Å². The van der Waals surface area contributed by atoms with Crippen LogP contribution in [-0.4, -0.2) is 108 Å². The van der Waals surface area contributed by atoms with Crippen molar-refractivity contribution in [3.8, 4) is 0 Å². The number of ether oxygens (including phenoxy) is 6. The van der Waals surface area contributed by atoms with Crippen molar-refractivity contribution in [2.75, 3.05) is 39.3 Å². The number of hydrogen-bond acceptors (Lipinski definition) is 9. The molecule has 6 rings (SSSR count). The summed E-state index contributed by atoms with van der Waals surface area (Å²) in [5, 5.41) is 0. The van der Waals surface area contributed by atoms with E-state index < -0.39 is 17.7 Å². The van der Waals surface area contributed by atoms with Crippen molar-refractivity contribution in [2.24, 2.45) is 5.92 Å². The molecule has 0 aromatic rings. The molecule has 6 aliphatic rings. The van der Waals surface area contributed by atoms with Crippen LogP contribution in [0.3, 0.4) is 0 Å². The highest BCUT2D eigenvalue weighted by molar-refractivity contribution is 4.97. The van der Waals surface area contributed by atoms with Crippen molar-refractivity contribution in [1.29, 1.82) is 0 Å². The Hall–Kier alpha value is -0.360. The van der Waals surface area contributed by atoms with E-state index in [9.17, 15) is 0 Å². The Kier molecular flexibility index (Phi) is 6.75. The monoisotopic (exact) mass is 509 g/mol. The van der Waals surface area contributed by atoms with Crippen molar-refractivity contribution in [3.63, 3.8) is 0 Å². The molecule has 0 aromatic carbocycles. The zero-order valence-electron chi connectivity index (χ0n) is 23.1. The summed E-state index contributed by atoms with van der Waals surface area (Å²) in [6.45, 7) is 18.5. The maximum absolute atomic E-state index is 6.65. The highest BCUT2D eigenvalue weighted by Gasteiger charge is 2.59. The summed E-state index contributed by atoms with van der Waals surface area (Å²) >= 11 is 0. The summed E-state index contributed by atoms with van der Waals surface area (Å²) in [5.74, 6) is -1.65. The van der Waals surface area contributed by atoms with E-state index in [2.05, 4.69) is 56.2 Å². The largest absolute Gasteiger partial charge is 0.333 e. The molecule has 6 aliphatic heterocycles. The molecule has 9 heteroatoms. The predicted molar refractivity (Wildman–Crippen MR) is 133 cm³/mol. The van der Waals surface area contributed by atoms with Crippen molar-refractivity contribution in [2.45, 2.75) is 128 Å². The topological polar surface area (TPSA) is 65.1 Å². The first-order valence-corrected chi connectivity index (χ1v) is 14.4. The summed E-state index contributed by atoms with van der Waals surface area (Å²) in [6.07, 6.45) is 5.64. The molecule has 0 spiro atoms. The molecule has 6 fully saturated rings. The quantitative estimate of drug-likeness (QED) is 0.491. The molecule has 6 saturated heterocycles. The molecule has 206 valence electrons. The number of hydrogen-bond donors (Lipinski definition) is 0. The lowest BCUT2D eigenvalue weighted by atomic mass is 9.90. The van der Waals surface area contributed by atoms with E-state index in [0.29, 0.717) is 0 Å². The molecule has 0 bridgehead atoms. The van der Waals surface area contributed by atoms with Crippen LogP contribution in [0.25, 0.3) is 0 Å². The first-order valence-electron chi connectivity index (χ1n) is 14.4. The molecule has 0 N–H and O–H groups in total. The molecule has 7 atom stereocenters. The van der Waals surface area contributed by atoms with Gasteiger partial charge >= 0.3 is 0 Å². The van der Waals surface area contributed by atoms with Crippen LogP contribution in [0.15, 0.2) is 0 Å². The second kappa shape index (κ2) is 9.38. The third kappa shape index (κ3) is 4.36. The Morgan fingerprint density at radius 1 is 0.528 bits per heavy atom. The van der Waals surface area contributed by atoms with Crippen LogP contribution >= 0.6 is 0 Å². The molecule has 7 unspecified atom stereocenters. The molecule has 9 nitrogen and oxygen atoms in total. The molecular formula is C27H47N3O6. The Labute approximate surface area is 216 Å². The minimum Gasteiger partial charge on any atom is -0.333 e. The van der Waals surface area contributed by atoms with Gasteiger partial charge in [-0.25, -0.2) is 14.7 Å². The highest BCUT2D eigenvalue weighted by atomic mass is 16.8. The van der Waals surface area contributed by atoms with E-state index in [1.165, 1.54) is 0 Å². The standard InChI is InChI=1S/C27H47N3O6/c1-18-12-28-13-19(2)32-25(28,31-18)10-7-8-24(27-30(16-22(5)35-27)17-23(6)36-27)9-11-26-29(14-20(3)33-26)15-21(4)34-26/h18-24H,7-17H2,1-6H3. The maximum Gasteiger partial charge on any atom is 0.233 e. The van der Waals surface area contributed by atoms with Gasteiger partial charge in [0.2, 0.25) is 17.7 Å².